The van der Waals surface area contributed by atoms with Gasteiger partial charge in [-0.15, -0.1) is 0 Å². The van der Waals surface area contributed by atoms with Gasteiger partial charge in [-0.25, -0.2) is 0 Å². The molecule has 1 saturated heterocycles. The highest BCUT2D eigenvalue weighted by molar-refractivity contribution is 8.05. The molecule has 1 aromatic rings. The highest BCUT2D eigenvalue weighted by Crippen LogP contribution is 2.37. The van der Waals surface area contributed by atoms with E-state index >= 15 is 0 Å². The van der Waals surface area contributed by atoms with Gasteiger partial charge in [-0.1, -0.05) is 11.8 Å². The van der Waals surface area contributed by atoms with E-state index in [0.29, 0.717) is 19.0 Å². The van der Waals surface area contributed by atoms with E-state index in [4.69, 9.17) is 9.15 Å². The van der Waals surface area contributed by atoms with Gasteiger partial charge >= 0.3 is 0 Å². The fraction of sp³-hybridized carbons (Fsp3) is 0.500. The molecule has 5 nitrogen and oxygen atoms in total. The quantitative estimate of drug-likeness (QED) is 0.882. The summed E-state index contributed by atoms with van der Waals surface area (Å²) in [6, 6.07) is 3.70. The minimum atomic E-state index is 0.00823. The zero-order valence-corrected chi connectivity index (χ0v) is 12.2. The Bertz CT molecular complexity index is 506. The topological polar surface area (TPSA) is 63.5 Å². The van der Waals surface area contributed by atoms with E-state index < -0.39 is 0 Å². The van der Waals surface area contributed by atoms with Crippen LogP contribution >= 0.6 is 11.8 Å². The number of ether oxygens (including phenoxy) is 1. The zero-order chi connectivity index (χ0) is 13.9. The number of carbonyl (C=O) groups is 1. The molecule has 0 bridgehead atoms. The molecule has 0 aliphatic carbocycles. The lowest BCUT2D eigenvalue weighted by Crippen LogP contribution is -2.32. The summed E-state index contributed by atoms with van der Waals surface area (Å²) in [5, 5.41) is 6.43. The second-order valence-corrected chi connectivity index (χ2v) is 5.98. The average Bonchev–Trinajstić information content (AvgIpc) is 3.16. The van der Waals surface area contributed by atoms with Gasteiger partial charge in [-0.3, -0.25) is 10.1 Å². The lowest BCUT2D eigenvalue weighted by Gasteiger charge is -2.21. The highest BCUT2D eigenvalue weighted by atomic mass is 32.2. The molecule has 2 aliphatic heterocycles. The first-order valence-corrected chi connectivity index (χ1v) is 7.68. The molecule has 20 heavy (non-hydrogen) atoms. The molecule has 1 fully saturated rings. The van der Waals surface area contributed by atoms with Gasteiger partial charge in [0.05, 0.1) is 16.9 Å². The lowest BCUT2D eigenvalue weighted by molar-refractivity contribution is -0.121. The molecule has 0 radical (unpaired) electrons. The van der Waals surface area contributed by atoms with Gasteiger partial charge in [0.2, 0.25) is 0 Å². The maximum absolute atomic E-state index is 12.7. The monoisotopic (exact) mass is 294 g/mol. The first kappa shape index (κ1) is 13.7. The molecule has 3 heterocycles. The molecule has 3 rings (SSSR count). The van der Waals surface area contributed by atoms with Crippen molar-refractivity contribution in [1.29, 1.82) is 0 Å². The van der Waals surface area contributed by atoms with Gasteiger partial charge in [0.1, 0.15) is 5.50 Å². The van der Waals surface area contributed by atoms with Crippen molar-refractivity contribution >= 4 is 23.2 Å². The minimum absolute atomic E-state index is 0.00823. The van der Waals surface area contributed by atoms with E-state index in [-0.39, 0.29) is 17.2 Å². The summed E-state index contributed by atoms with van der Waals surface area (Å²) in [6.45, 7) is 1.35. The maximum Gasteiger partial charge on any atom is 0.174 e. The standard InChI is InChI=1S/C14H18N2O3S/c1-15-14-16-11(10-3-2-6-19-10)13(20-14)12(17)9-4-7-18-8-5-9/h2-3,6,9,14-16H,4-5,7-8H2,1H3. The number of nitrogens with one attached hydrogen (secondary N) is 2. The largest absolute Gasteiger partial charge is 0.463 e. The Kier molecular flexibility index (Phi) is 4.14. The van der Waals surface area contributed by atoms with Crippen LogP contribution in [0.5, 0.6) is 0 Å². The fourth-order valence-electron chi connectivity index (χ4n) is 2.46. The maximum atomic E-state index is 12.7. The number of rotatable bonds is 4. The fourth-order valence-corrected chi connectivity index (χ4v) is 3.55. The van der Waals surface area contributed by atoms with Crippen LogP contribution in [0.1, 0.15) is 18.6 Å². The molecule has 1 atom stereocenters. The number of carbonyl (C=O) groups excluding carboxylic acids is 1. The number of ketones is 1. The third-order valence-corrected chi connectivity index (χ3v) is 4.81. The van der Waals surface area contributed by atoms with Crippen molar-refractivity contribution in [1.82, 2.24) is 10.6 Å². The van der Waals surface area contributed by atoms with Crippen molar-refractivity contribution in [3.05, 3.63) is 29.1 Å². The Morgan fingerprint density at radius 3 is 2.90 bits per heavy atom. The van der Waals surface area contributed by atoms with E-state index in [1.54, 1.807) is 6.26 Å². The van der Waals surface area contributed by atoms with Crippen LogP contribution in [0.15, 0.2) is 27.7 Å². The van der Waals surface area contributed by atoms with Crippen LogP contribution < -0.4 is 10.6 Å². The van der Waals surface area contributed by atoms with Crippen molar-refractivity contribution in [2.24, 2.45) is 5.92 Å². The number of allylic oxidation sites excluding steroid dienone is 1. The van der Waals surface area contributed by atoms with Crippen LogP contribution in [0.25, 0.3) is 5.70 Å². The molecule has 2 aliphatic rings. The van der Waals surface area contributed by atoms with Crippen molar-refractivity contribution in [3.8, 4) is 0 Å². The van der Waals surface area contributed by atoms with E-state index in [9.17, 15) is 4.79 Å². The normalized spacial score (nSPS) is 23.9. The van der Waals surface area contributed by atoms with Crippen LogP contribution in [0.4, 0.5) is 0 Å². The number of hydrogen-bond acceptors (Lipinski definition) is 6. The number of Topliss-reactive ketones (excluding diaryl/α,β-unsaturated/α-hetero) is 1. The molecule has 0 amide bonds. The van der Waals surface area contributed by atoms with Crippen LogP contribution in [-0.4, -0.2) is 31.5 Å². The van der Waals surface area contributed by atoms with E-state index in [1.807, 2.05) is 19.2 Å². The molecular formula is C14H18N2O3S. The predicted molar refractivity (Wildman–Crippen MR) is 77.8 cm³/mol. The van der Waals surface area contributed by atoms with E-state index in [0.717, 1.165) is 23.4 Å². The van der Waals surface area contributed by atoms with Gasteiger partial charge < -0.3 is 14.5 Å². The van der Waals surface area contributed by atoms with Gasteiger partial charge in [0.25, 0.3) is 0 Å². The molecule has 1 aromatic heterocycles. The van der Waals surface area contributed by atoms with Gasteiger partial charge in [-0.2, -0.15) is 0 Å². The Hall–Kier alpha value is -1.24. The number of furan rings is 1. The summed E-state index contributed by atoms with van der Waals surface area (Å²) in [5.41, 5.74) is 0.810. The van der Waals surface area contributed by atoms with Crippen molar-refractivity contribution < 1.29 is 13.9 Å². The molecule has 0 aromatic carbocycles. The molecule has 6 heteroatoms. The molecule has 0 spiro atoms. The predicted octanol–water partition coefficient (Wildman–Crippen LogP) is 1.78. The molecule has 1 unspecified atom stereocenters. The number of hydrogen-bond donors (Lipinski definition) is 2. The summed E-state index contributed by atoms with van der Waals surface area (Å²) in [7, 11) is 1.87. The Morgan fingerprint density at radius 1 is 1.45 bits per heavy atom. The molecule has 2 N–H and O–H groups in total. The van der Waals surface area contributed by atoms with Crippen LogP contribution in [0.2, 0.25) is 0 Å². The minimum Gasteiger partial charge on any atom is -0.463 e. The number of thioether (sulfide) groups is 1. The summed E-state index contributed by atoms with van der Waals surface area (Å²) in [6.07, 6.45) is 3.23. The van der Waals surface area contributed by atoms with Gasteiger partial charge in [-0.05, 0) is 32.0 Å². The molecule has 108 valence electrons. The Balaban J connectivity index is 1.86. The summed E-state index contributed by atoms with van der Waals surface area (Å²) in [4.78, 5) is 13.5. The summed E-state index contributed by atoms with van der Waals surface area (Å²) in [5.74, 6) is 0.981. The van der Waals surface area contributed by atoms with Crippen LogP contribution in [-0.2, 0) is 9.53 Å². The smallest absolute Gasteiger partial charge is 0.174 e. The molecular weight excluding hydrogens is 276 g/mol. The summed E-state index contributed by atoms with van der Waals surface area (Å²) < 4.78 is 10.8. The second kappa shape index (κ2) is 6.03. The highest BCUT2D eigenvalue weighted by Gasteiger charge is 2.34. The van der Waals surface area contributed by atoms with E-state index in [2.05, 4.69) is 10.6 Å². The van der Waals surface area contributed by atoms with Gasteiger partial charge in [0.15, 0.2) is 11.5 Å². The van der Waals surface area contributed by atoms with E-state index in [1.165, 1.54) is 11.8 Å². The lowest BCUT2D eigenvalue weighted by atomic mass is 9.94. The summed E-state index contributed by atoms with van der Waals surface area (Å²) >= 11 is 1.53. The van der Waals surface area contributed by atoms with Crippen LogP contribution in [0.3, 0.4) is 0 Å². The third kappa shape index (κ3) is 2.63. The second-order valence-electron chi connectivity index (χ2n) is 4.86. The Morgan fingerprint density at radius 2 is 2.25 bits per heavy atom. The average molecular weight is 294 g/mol. The van der Waals surface area contributed by atoms with Crippen molar-refractivity contribution in [2.45, 2.75) is 18.3 Å². The van der Waals surface area contributed by atoms with Crippen molar-refractivity contribution in [3.63, 3.8) is 0 Å². The zero-order valence-electron chi connectivity index (χ0n) is 11.3. The SMILES string of the molecule is CNC1NC(c2ccco2)=C(C(=O)C2CCOCC2)S1. The first-order valence-electron chi connectivity index (χ1n) is 6.80. The van der Waals surface area contributed by atoms with Gasteiger partial charge in [0, 0.05) is 19.1 Å². The third-order valence-electron chi connectivity index (χ3n) is 3.58. The van der Waals surface area contributed by atoms with Crippen molar-refractivity contribution in [2.75, 3.05) is 20.3 Å². The molecule has 0 saturated carbocycles. The van der Waals surface area contributed by atoms with Crippen LogP contribution in [0, 0.1) is 5.92 Å². The Labute approximate surface area is 122 Å². The first-order chi connectivity index (χ1) is 9.79.